The molecule has 2 aromatic heterocycles. The number of nitrogens with one attached hydrogen (secondary N) is 1. The summed E-state index contributed by atoms with van der Waals surface area (Å²) in [5.41, 5.74) is 1.53. The zero-order valence-electron chi connectivity index (χ0n) is 9.55. The second-order valence-electron chi connectivity index (χ2n) is 3.68. The molecule has 0 aliphatic rings. The molecule has 0 radical (unpaired) electrons. The van der Waals surface area contributed by atoms with Crippen LogP contribution >= 0.6 is 0 Å². The Morgan fingerprint density at radius 2 is 2.29 bits per heavy atom. The summed E-state index contributed by atoms with van der Waals surface area (Å²) in [4.78, 5) is 8.15. The Hall–Kier alpha value is -1.95. The number of aromatic nitrogens is 3. The highest BCUT2D eigenvalue weighted by Crippen LogP contribution is 2.13. The van der Waals surface area contributed by atoms with Crippen LogP contribution in [-0.4, -0.2) is 26.8 Å². The Bertz CT molecular complexity index is 470. The number of hydrogen-bond donors (Lipinski definition) is 2. The smallest absolute Gasteiger partial charge is 0.227 e. The van der Waals surface area contributed by atoms with Crippen LogP contribution in [0.2, 0.25) is 0 Å². The van der Waals surface area contributed by atoms with Gasteiger partial charge in [-0.3, -0.25) is 4.98 Å². The molecule has 2 aromatic rings. The maximum atomic E-state index is 9.57. The number of nitrogens with zero attached hydrogens (tertiary/aromatic N) is 3. The molecule has 0 amide bonds. The Labute approximate surface area is 98.7 Å². The first-order chi connectivity index (χ1) is 8.25. The van der Waals surface area contributed by atoms with Crippen molar-refractivity contribution in [3.05, 3.63) is 35.7 Å². The summed E-state index contributed by atoms with van der Waals surface area (Å²) in [7, 11) is 0. The minimum Gasteiger partial charge on any atom is -0.506 e. The van der Waals surface area contributed by atoms with Gasteiger partial charge in [0.05, 0.1) is 5.69 Å². The van der Waals surface area contributed by atoms with Gasteiger partial charge in [0.15, 0.2) is 6.33 Å². The average molecular weight is 234 g/mol. The van der Waals surface area contributed by atoms with E-state index in [0.717, 1.165) is 5.69 Å². The molecule has 0 bridgehead atoms. The zero-order chi connectivity index (χ0) is 12.1. The van der Waals surface area contributed by atoms with Gasteiger partial charge in [0.25, 0.3) is 0 Å². The SMILES string of the molecule is Cc1ccc(O)c(CNCCc2ncno2)n1. The van der Waals surface area contributed by atoms with Gasteiger partial charge in [-0.25, -0.2) is 0 Å². The third-order valence-electron chi connectivity index (χ3n) is 2.30. The molecular formula is C11H14N4O2. The minimum atomic E-state index is 0.209. The lowest BCUT2D eigenvalue weighted by molar-refractivity contribution is 0.374. The fourth-order valence-corrected chi connectivity index (χ4v) is 1.44. The fraction of sp³-hybridized carbons (Fsp3) is 0.364. The predicted octanol–water partition coefficient (Wildman–Crippen LogP) is 0.811. The van der Waals surface area contributed by atoms with Crippen molar-refractivity contribution >= 4 is 0 Å². The molecule has 0 unspecified atom stereocenters. The summed E-state index contributed by atoms with van der Waals surface area (Å²) < 4.78 is 4.86. The summed E-state index contributed by atoms with van der Waals surface area (Å²) in [5.74, 6) is 0.805. The van der Waals surface area contributed by atoms with E-state index in [1.807, 2.05) is 6.92 Å². The Balaban J connectivity index is 1.80. The van der Waals surface area contributed by atoms with Crippen LogP contribution in [0.5, 0.6) is 5.75 Å². The van der Waals surface area contributed by atoms with Crippen molar-refractivity contribution in [2.45, 2.75) is 19.9 Å². The first-order valence-electron chi connectivity index (χ1n) is 5.37. The lowest BCUT2D eigenvalue weighted by Crippen LogP contribution is -2.17. The van der Waals surface area contributed by atoms with E-state index in [1.54, 1.807) is 12.1 Å². The molecule has 6 heteroatoms. The molecule has 0 saturated carbocycles. The van der Waals surface area contributed by atoms with E-state index in [9.17, 15) is 5.11 Å². The topological polar surface area (TPSA) is 84.1 Å². The molecule has 2 N–H and O–H groups in total. The van der Waals surface area contributed by atoms with Crippen LogP contribution in [0, 0.1) is 6.92 Å². The predicted molar refractivity (Wildman–Crippen MR) is 60.3 cm³/mol. The number of hydrogen-bond acceptors (Lipinski definition) is 6. The molecule has 2 rings (SSSR count). The largest absolute Gasteiger partial charge is 0.506 e. The second kappa shape index (κ2) is 5.40. The summed E-state index contributed by atoms with van der Waals surface area (Å²) in [6.07, 6.45) is 2.04. The molecular weight excluding hydrogens is 220 g/mol. The fourth-order valence-electron chi connectivity index (χ4n) is 1.44. The van der Waals surface area contributed by atoms with Gasteiger partial charge in [-0.05, 0) is 19.1 Å². The van der Waals surface area contributed by atoms with Crippen molar-refractivity contribution < 1.29 is 9.63 Å². The molecule has 90 valence electrons. The van der Waals surface area contributed by atoms with E-state index < -0.39 is 0 Å². The number of aromatic hydroxyl groups is 1. The molecule has 6 nitrogen and oxygen atoms in total. The zero-order valence-corrected chi connectivity index (χ0v) is 9.55. The molecule has 0 aliphatic carbocycles. The van der Waals surface area contributed by atoms with Crippen molar-refractivity contribution in [1.29, 1.82) is 0 Å². The Kier molecular flexibility index (Phi) is 3.66. The Morgan fingerprint density at radius 3 is 3.06 bits per heavy atom. The second-order valence-corrected chi connectivity index (χ2v) is 3.68. The lowest BCUT2D eigenvalue weighted by atomic mass is 10.3. The van der Waals surface area contributed by atoms with Gasteiger partial charge in [-0.2, -0.15) is 4.98 Å². The first kappa shape index (κ1) is 11.5. The quantitative estimate of drug-likeness (QED) is 0.745. The molecule has 0 aliphatic heterocycles. The maximum Gasteiger partial charge on any atom is 0.227 e. The summed E-state index contributed by atoms with van der Waals surface area (Å²) >= 11 is 0. The highest BCUT2D eigenvalue weighted by Gasteiger charge is 2.03. The summed E-state index contributed by atoms with van der Waals surface area (Å²) in [5, 5.41) is 16.3. The number of pyridine rings is 1. The Morgan fingerprint density at radius 1 is 1.41 bits per heavy atom. The molecule has 2 heterocycles. The van der Waals surface area contributed by atoms with E-state index in [0.29, 0.717) is 31.1 Å². The normalized spacial score (nSPS) is 10.6. The lowest BCUT2D eigenvalue weighted by Gasteiger charge is -2.05. The van der Waals surface area contributed by atoms with Crippen LogP contribution in [0.1, 0.15) is 17.3 Å². The monoisotopic (exact) mass is 234 g/mol. The minimum absolute atomic E-state index is 0.209. The third kappa shape index (κ3) is 3.25. The van der Waals surface area contributed by atoms with Crippen LogP contribution in [0.4, 0.5) is 0 Å². The number of aryl methyl sites for hydroxylation is 1. The summed E-state index contributed by atoms with van der Waals surface area (Å²) in [6.45, 7) is 3.10. The van der Waals surface area contributed by atoms with Gasteiger partial charge >= 0.3 is 0 Å². The van der Waals surface area contributed by atoms with Crippen molar-refractivity contribution in [1.82, 2.24) is 20.4 Å². The number of rotatable bonds is 5. The molecule has 0 spiro atoms. The standard InChI is InChI=1S/C11H14N4O2/c1-8-2-3-10(16)9(15-8)6-12-5-4-11-13-7-14-17-11/h2-3,7,12,16H,4-6H2,1H3. The van der Waals surface area contributed by atoms with Crippen LogP contribution in [0.25, 0.3) is 0 Å². The first-order valence-corrected chi connectivity index (χ1v) is 5.37. The van der Waals surface area contributed by atoms with Crippen LogP contribution in [0.15, 0.2) is 23.0 Å². The molecule has 0 saturated heterocycles. The van der Waals surface area contributed by atoms with Crippen molar-refractivity contribution in [2.75, 3.05) is 6.54 Å². The van der Waals surface area contributed by atoms with Gasteiger partial charge in [0.1, 0.15) is 5.75 Å². The molecule has 17 heavy (non-hydrogen) atoms. The van der Waals surface area contributed by atoms with E-state index in [-0.39, 0.29) is 5.75 Å². The molecule has 0 atom stereocenters. The molecule has 0 aromatic carbocycles. The van der Waals surface area contributed by atoms with Gasteiger partial charge in [-0.15, -0.1) is 0 Å². The van der Waals surface area contributed by atoms with Gasteiger partial charge in [0.2, 0.25) is 5.89 Å². The van der Waals surface area contributed by atoms with E-state index in [2.05, 4.69) is 20.4 Å². The average Bonchev–Trinajstić information content (AvgIpc) is 2.82. The van der Waals surface area contributed by atoms with E-state index >= 15 is 0 Å². The highest BCUT2D eigenvalue weighted by atomic mass is 16.5. The van der Waals surface area contributed by atoms with Crippen LogP contribution in [0.3, 0.4) is 0 Å². The van der Waals surface area contributed by atoms with Crippen LogP contribution in [-0.2, 0) is 13.0 Å². The third-order valence-corrected chi connectivity index (χ3v) is 2.30. The van der Waals surface area contributed by atoms with Crippen LogP contribution < -0.4 is 5.32 Å². The van der Waals surface area contributed by atoms with E-state index in [1.165, 1.54) is 6.33 Å². The van der Waals surface area contributed by atoms with Crippen molar-refractivity contribution in [3.8, 4) is 5.75 Å². The molecule has 0 fully saturated rings. The van der Waals surface area contributed by atoms with Crippen molar-refractivity contribution in [2.24, 2.45) is 0 Å². The summed E-state index contributed by atoms with van der Waals surface area (Å²) in [6, 6.07) is 3.43. The maximum absolute atomic E-state index is 9.57. The highest BCUT2D eigenvalue weighted by molar-refractivity contribution is 5.27. The van der Waals surface area contributed by atoms with Gasteiger partial charge < -0.3 is 14.9 Å². The van der Waals surface area contributed by atoms with Gasteiger partial charge in [0, 0.05) is 25.2 Å². The van der Waals surface area contributed by atoms with E-state index in [4.69, 9.17) is 4.52 Å². The van der Waals surface area contributed by atoms with Crippen molar-refractivity contribution in [3.63, 3.8) is 0 Å². The van der Waals surface area contributed by atoms with Gasteiger partial charge in [-0.1, -0.05) is 5.16 Å².